The van der Waals surface area contributed by atoms with Crippen LogP contribution in [0.3, 0.4) is 0 Å². The molecule has 0 atom stereocenters. The summed E-state index contributed by atoms with van der Waals surface area (Å²) < 4.78 is 1.26. The van der Waals surface area contributed by atoms with E-state index in [-0.39, 0.29) is 5.54 Å². The molecule has 0 aliphatic carbocycles. The summed E-state index contributed by atoms with van der Waals surface area (Å²) in [6.45, 7) is 11.9. The van der Waals surface area contributed by atoms with Crippen LogP contribution in [0.4, 0.5) is 0 Å². The van der Waals surface area contributed by atoms with Gasteiger partial charge in [-0.15, -0.1) is 11.3 Å². The molecule has 0 aliphatic rings. The number of rotatable bonds is 5. The molecule has 17 heavy (non-hydrogen) atoms. The Morgan fingerprint density at radius 1 is 1.41 bits per heavy atom. The molecule has 0 amide bonds. The molecule has 4 heteroatoms. The van der Waals surface area contributed by atoms with Gasteiger partial charge in [0.15, 0.2) is 0 Å². The molecule has 1 aromatic heterocycles. The van der Waals surface area contributed by atoms with Crippen molar-refractivity contribution in [3.05, 3.63) is 20.3 Å². The van der Waals surface area contributed by atoms with Crippen molar-refractivity contribution >= 4 is 27.3 Å². The molecule has 0 radical (unpaired) electrons. The van der Waals surface area contributed by atoms with E-state index in [0.717, 1.165) is 19.6 Å². The largest absolute Gasteiger partial charge is 0.311 e. The van der Waals surface area contributed by atoms with E-state index in [2.05, 4.69) is 67.0 Å². The molecule has 98 valence electrons. The number of thiophene rings is 1. The van der Waals surface area contributed by atoms with Gasteiger partial charge in [0.05, 0.1) is 3.79 Å². The summed E-state index contributed by atoms with van der Waals surface area (Å²) >= 11 is 5.41. The Labute approximate surface area is 118 Å². The zero-order valence-electron chi connectivity index (χ0n) is 11.4. The van der Waals surface area contributed by atoms with Crippen LogP contribution in [0.1, 0.15) is 31.2 Å². The molecule has 2 nitrogen and oxygen atoms in total. The van der Waals surface area contributed by atoms with Crippen LogP contribution < -0.4 is 5.32 Å². The van der Waals surface area contributed by atoms with E-state index >= 15 is 0 Å². The number of hydrogen-bond acceptors (Lipinski definition) is 3. The summed E-state index contributed by atoms with van der Waals surface area (Å²) in [5, 5.41) is 3.51. The third-order valence-corrected chi connectivity index (χ3v) is 4.60. The second-order valence-electron chi connectivity index (χ2n) is 5.58. The van der Waals surface area contributed by atoms with Gasteiger partial charge >= 0.3 is 0 Å². The van der Waals surface area contributed by atoms with Gasteiger partial charge in [-0.25, -0.2) is 0 Å². The number of hydrogen-bond donors (Lipinski definition) is 1. The van der Waals surface area contributed by atoms with Crippen LogP contribution in [-0.2, 0) is 6.54 Å². The summed E-state index contributed by atoms with van der Waals surface area (Å²) in [7, 11) is 2.17. The molecule has 0 spiro atoms. The molecule has 1 N–H and O–H groups in total. The lowest BCUT2D eigenvalue weighted by atomic mass is 10.1. The lowest BCUT2D eigenvalue weighted by molar-refractivity contribution is 0.305. The number of halogens is 1. The number of likely N-dealkylation sites (N-methyl/N-ethyl adjacent to an activating group) is 1. The smallest absolute Gasteiger partial charge is 0.0730 e. The maximum atomic E-state index is 3.57. The van der Waals surface area contributed by atoms with Gasteiger partial charge in [0.1, 0.15) is 0 Å². The fourth-order valence-corrected chi connectivity index (χ4v) is 3.28. The predicted octanol–water partition coefficient (Wildman–Crippen LogP) is 3.64. The minimum absolute atomic E-state index is 0.212. The minimum Gasteiger partial charge on any atom is -0.311 e. The Hall–Kier alpha value is 0.100. The minimum atomic E-state index is 0.212. The molecule has 0 fully saturated rings. The predicted molar refractivity (Wildman–Crippen MR) is 80.8 cm³/mol. The maximum absolute atomic E-state index is 3.57. The number of nitrogens with one attached hydrogen (secondary N) is 1. The zero-order valence-corrected chi connectivity index (χ0v) is 13.8. The van der Waals surface area contributed by atoms with Gasteiger partial charge < -0.3 is 10.2 Å². The van der Waals surface area contributed by atoms with E-state index < -0.39 is 0 Å². The molecular formula is C13H23BrN2S. The molecule has 1 aromatic rings. The third-order valence-electron chi connectivity index (χ3n) is 2.48. The van der Waals surface area contributed by atoms with E-state index in [1.54, 1.807) is 0 Å². The van der Waals surface area contributed by atoms with E-state index in [1.807, 2.05) is 11.3 Å². The van der Waals surface area contributed by atoms with Gasteiger partial charge in [-0.2, -0.15) is 0 Å². The molecule has 1 heterocycles. The SMILES string of the molecule is Cc1cc(CN(C)CCNC(C)(C)C)sc1Br. The highest BCUT2D eigenvalue weighted by Gasteiger charge is 2.09. The lowest BCUT2D eigenvalue weighted by Gasteiger charge is -2.23. The van der Waals surface area contributed by atoms with E-state index in [4.69, 9.17) is 0 Å². The summed E-state index contributed by atoms with van der Waals surface area (Å²) in [6, 6.07) is 2.27. The highest BCUT2D eigenvalue weighted by Crippen LogP contribution is 2.27. The first-order valence-corrected chi connectivity index (χ1v) is 7.57. The van der Waals surface area contributed by atoms with Crippen molar-refractivity contribution in [3.8, 4) is 0 Å². The average Bonchev–Trinajstić information content (AvgIpc) is 2.43. The van der Waals surface area contributed by atoms with Gasteiger partial charge in [-0.05, 0) is 62.3 Å². The van der Waals surface area contributed by atoms with Crippen molar-refractivity contribution in [1.29, 1.82) is 0 Å². The normalized spacial score (nSPS) is 12.4. The Bertz CT molecular complexity index is 335. The maximum Gasteiger partial charge on any atom is 0.0730 e. The van der Waals surface area contributed by atoms with Gasteiger partial charge in [0.25, 0.3) is 0 Å². The molecule has 0 saturated carbocycles. The van der Waals surface area contributed by atoms with Crippen molar-refractivity contribution in [2.75, 3.05) is 20.1 Å². The Balaban J connectivity index is 2.32. The third kappa shape index (κ3) is 6.00. The van der Waals surface area contributed by atoms with Crippen LogP contribution in [-0.4, -0.2) is 30.6 Å². The van der Waals surface area contributed by atoms with Crippen LogP contribution in [0.25, 0.3) is 0 Å². The van der Waals surface area contributed by atoms with Crippen LogP contribution >= 0.6 is 27.3 Å². The molecule has 0 aromatic carbocycles. The summed E-state index contributed by atoms with van der Waals surface area (Å²) in [4.78, 5) is 3.78. The van der Waals surface area contributed by atoms with Crippen molar-refractivity contribution in [2.24, 2.45) is 0 Å². The lowest BCUT2D eigenvalue weighted by Crippen LogP contribution is -2.40. The summed E-state index contributed by atoms with van der Waals surface area (Å²) in [6.07, 6.45) is 0. The van der Waals surface area contributed by atoms with Crippen LogP contribution in [0, 0.1) is 6.92 Å². The molecule has 0 bridgehead atoms. The van der Waals surface area contributed by atoms with Crippen LogP contribution in [0.15, 0.2) is 9.85 Å². The van der Waals surface area contributed by atoms with Gasteiger partial charge in [0.2, 0.25) is 0 Å². The molecular weight excluding hydrogens is 296 g/mol. The molecule has 1 rings (SSSR count). The highest BCUT2D eigenvalue weighted by atomic mass is 79.9. The van der Waals surface area contributed by atoms with E-state index in [1.165, 1.54) is 14.2 Å². The topological polar surface area (TPSA) is 15.3 Å². The van der Waals surface area contributed by atoms with Crippen molar-refractivity contribution in [1.82, 2.24) is 10.2 Å². The first-order chi connectivity index (χ1) is 7.78. The Kier molecular flexibility index (Phi) is 5.64. The van der Waals surface area contributed by atoms with Gasteiger partial charge in [0, 0.05) is 30.1 Å². The second kappa shape index (κ2) is 6.32. The summed E-state index contributed by atoms with van der Waals surface area (Å²) in [5.41, 5.74) is 1.55. The van der Waals surface area contributed by atoms with E-state index in [9.17, 15) is 0 Å². The monoisotopic (exact) mass is 318 g/mol. The van der Waals surface area contributed by atoms with Crippen molar-refractivity contribution < 1.29 is 0 Å². The zero-order chi connectivity index (χ0) is 13.1. The molecule has 0 saturated heterocycles. The first kappa shape index (κ1) is 15.2. The molecule has 0 unspecified atom stereocenters. The highest BCUT2D eigenvalue weighted by molar-refractivity contribution is 9.11. The van der Waals surface area contributed by atoms with Crippen molar-refractivity contribution in [3.63, 3.8) is 0 Å². The number of aryl methyl sites for hydroxylation is 1. The molecule has 0 aliphatic heterocycles. The Morgan fingerprint density at radius 3 is 2.53 bits per heavy atom. The Morgan fingerprint density at radius 2 is 2.06 bits per heavy atom. The first-order valence-electron chi connectivity index (χ1n) is 5.96. The van der Waals surface area contributed by atoms with Gasteiger partial charge in [-0.3, -0.25) is 0 Å². The van der Waals surface area contributed by atoms with Crippen molar-refractivity contribution in [2.45, 2.75) is 39.8 Å². The standard InChI is InChI=1S/C13H23BrN2S/c1-10-8-11(17-12(10)14)9-16(5)7-6-15-13(2,3)4/h8,15H,6-7,9H2,1-5H3. The van der Waals surface area contributed by atoms with E-state index in [0.29, 0.717) is 0 Å². The van der Waals surface area contributed by atoms with Crippen LogP contribution in [0.2, 0.25) is 0 Å². The second-order valence-corrected chi connectivity index (χ2v) is 8.04. The average molecular weight is 319 g/mol. The van der Waals surface area contributed by atoms with Crippen LogP contribution in [0.5, 0.6) is 0 Å². The number of nitrogens with zero attached hydrogens (tertiary/aromatic N) is 1. The fourth-order valence-electron chi connectivity index (χ4n) is 1.57. The quantitative estimate of drug-likeness (QED) is 0.891. The fraction of sp³-hybridized carbons (Fsp3) is 0.692. The van der Waals surface area contributed by atoms with Gasteiger partial charge in [-0.1, -0.05) is 0 Å². The summed E-state index contributed by atoms with van der Waals surface area (Å²) in [5.74, 6) is 0.